The summed E-state index contributed by atoms with van der Waals surface area (Å²) in [5, 5.41) is 9.55. The molecular weight excluding hydrogens is 222 g/mol. The van der Waals surface area contributed by atoms with E-state index in [4.69, 9.17) is 0 Å². The molecule has 0 aliphatic carbocycles. The number of likely N-dealkylation sites (tertiary alicyclic amines) is 1. The Hall–Kier alpha value is -0.340. The first kappa shape index (κ1) is 15.7. The molecule has 0 aromatic rings. The molecule has 106 valence electrons. The molecule has 18 heavy (non-hydrogen) atoms. The molecule has 1 N–H and O–H groups in total. The van der Waals surface area contributed by atoms with Crippen LogP contribution in [-0.2, 0) is 0 Å². The van der Waals surface area contributed by atoms with E-state index in [0.717, 1.165) is 24.1 Å². The Morgan fingerprint density at radius 3 is 2.17 bits per heavy atom. The van der Waals surface area contributed by atoms with Crippen LogP contribution in [0.1, 0.15) is 58.8 Å². The van der Waals surface area contributed by atoms with Crippen LogP contribution in [0, 0.1) is 0 Å². The molecule has 2 nitrogen and oxygen atoms in total. The average Bonchev–Trinajstić information content (AvgIpc) is 2.25. The third-order valence-electron chi connectivity index (χ3n) is 4.04. The zero-order valence-corrected chi connectivity index (χ0v) is 12.5. The third-order valence-corrected chi connectivity index (χ3v) is 4.04. The molecule has 1 saturated heterocycles. The SMILES string of the molecule is C=C(C)C[N+]1(CCCCCCCCC)CC(O)C1. The van der Waals surface area contributed by atoms with Gasteiger partial charge in [-0.25, -0.2) is 0 Å². The molecule has 1 fully saturated rings. The van der Waals surface area contributed by atoms with Gasteiger partial charge in [0.15, 0.2) is 6.10 Å². The molecule has 1 aliphatic heterocycles. The highest BCUT2D eigenvalue weighted by atomic mass is 16.3. The third kappa shape index (κ3) is 5.53. The number of nitrogens with zero attached hydrogens (tertiary/aromatic N) is 1. The lowest BCUT2D eigenvalue weighted by Crippen LogP contribution is -2.67. The highest BCUT2D eigenvalue weighted by molar-refractivity contribution is 4.90. The summed E-state index contributed by atoms with van der Waals surface area (Å²) in [7, 11) is 0. The van der Waals surface area contributed by atoms with Gasteiger partial charge in [-0.15, -0.1) is 0 Å². The second-order valence-electron chi connectivity index (χ2n) is 6.32. The maximum Gasteiger partial charge on any atom is 0.152 e. The first-order chi connectivity index (χ1) is 8.58. The Balaban J connectivity index is 2.10. The minimum atomic E-state index is -0.0612. The first-order valence-electron chi connectivity index (χ1n) is 7.75. The van der Waals surface area contributed by atoms with Crippen molar-refractivity contribution in [2.45, 2.75) is 64.9 Å². The van der Waals surface area contributed by atoms with Gasteiger partial charge in [0.2, 0.25) is 0 Å². The number of aliphatic hydroxyl groups is 1. The Labute approximate surface area is 113 Å². The second kappa shape index (κ2) is 7.96. The number of unbranched alkanes of at least 4 members (excludes halogenated alkanes) is 6. The van der Waals surface area contributed by atoms with Crippen LogP contribution < -0.4 is 0 Å². The fourth-order valence-electron chi connectivity index (χ4n) is 3.21. The summed E-state index contributed by atoms with van der Waals surface area (Å²) in [5.41, 5.74) is 1.25. The van der Waals surface area contributed by atoms with Crippen LogP contribution in [0.25, 0.3) is 0 Å². The molecule has 0 aromatic heterocycles. The number of rotatable bonds is 10. The van der Waals surface area contributed by atoms with E-state index >= 15 is 0 Å². The van der Waals surface area contributed by atoms with Gasteiger partial charge in [-0.05, 0) is 25.3 Å². The molecule has 0 saturated carbocycles. The van der Waals surface area contributed by atoms with E-state index in [0.29, 0.717) is 0 Å². The van der Waals surface area contributed by atoms with Gasteiger partial charge in [-0.3, -0.25) is 0 Å². The second-order valence-corrected chi connectivity index (χ2v) is 6.32. The molecule has 1 aliphatic rings. The van der Waals surface area contributed by atoms with Crippen molar-refractivity contribution in [1.82, 2.24) is 0 Å². The van der Waals surface area contributed by atoms with Gasteiger partial charge in [0, 0.05) is 0 Å². The van der Waals surface area contributed by atoms with Gasteiger partial charge >= 0.3 is 0 Å². The smallest absolute Gasteiger partial charge is 0.152 e. The molecule has 1 heterocycles. The van der Waals surface area contributed by atoms with Crippen molar-refractivity contribution in [3.8, 4) is 0 Å². The van der Waals surface area contributed by atoms with E-state index in [1.165, 1.54) is 57.1 Å². The monoisotopic (exact) mass is 254 g/mol. The van der Waals surface area contributed by atoms with E-state index < -0.39 is 0 Å². The van der Waals surface area contributed by atoms with Crippen molar-refractivity contribution < 1.29 is 9.59 Å². The van der Waals surface area contributed by atoms with Crippen LogP contribution in [0.15, 0.2) is 12.2 Å². The molecule has 0 bridgehead atoms. The summed E-state index contributed by atoms with van der Waals surface area (Å²) in [4.78, 5) is 0. The van der Waals surface area contributed by atoms with Crippen molar-refractivity contribution in [2.75, 3.05) is 26.2 Å². The van der Waals surface area contributed by atoms with E-state index in [1.807, 2.05) is 0 Å². The highest BCUT2D eigenvalue weighted by Crippen LogP contribution is 2.24. The Kier molecular flexibility index (Phi) is 6.95. The molecule has 0 unspecified atom stereocenters. The number of hydrogen-bond acceptors (Lipinski definition) is 1. The van der Waals surface area contributed by atoms with Gasteiger partial charge in [-0.1, -0.05) is 45.6 Å². The fourth-order valence-corrected chi connectivity index (χ4v) is 3.21. The molecule has 0 amide bonds. The van der Waals surface area contributed by atoms with Crippen LogP contribution in [0.3, 0.4) is 0 Å². The van der Waals surface area contributed by atoms with Crippen LogP contribution >= 0.6 is 0 Å². The summed E-state index contributed by atoms with van der Waals surface area (Å²) in [5.74, 6) is 0. The van der Waals surface area contributed by atoms with E-state index in [2.05, 4.69) is 20.4 Å². The Morgan fingerprint density at radius 1 is 1.11 bits per heavy atom. The van der Waals surface area contributed by atoms with Gasteiger partial charge in [0.1, 0.15) is 13.1 Å². The minimum Gasteiger partial charge on any atom is -0.382 e. The zero-order valence-electron chi connectivity index (χ0n) is 12.5. The molecular formula is C16H32NO+. The largest absolute Gasteiger partial charge is 0.382 e. The number of aliphatic hydroxyl groups excluding tert-OH is 1. The number of quaternary nitrogens is 1. The minimum absolute atomic E-state index is 0.0612. The Bertz CT molecular complexity index is 243. The van der Waals surface area contributed by atoms with Gasteiger partial charge in [0.05, 0.1) is 13.1 Å². The topological polar surface area (TPSA) is 20.2 Å². The lowest BCUT2D eigenvalue weighted by molar-refractivity contribution is -0.968. The summed E-state index contributed by atoms with van der Waals surface area (Å²) in [6.07, 6.45) is 9.52. The lowest BCUT2D eigenvalue weighted by atomic mass is 10.0. The number of hydrogen-bond donors (Lipinski definition) is 1. The quantitative estimate of drug-likeness (QED) is 0.359. The molecule has 0 atom stereocenters. The molecule has 0 radical (unpaired) electrons. The lowest BCUT2D eigenvalue weighted by Gasteiger charge is -2.49. The maximum atomic E-state index is 9.55. The fraction of sp³-hybridized carbons (Fsp3) is 0.875. The highest BCUT2D eigenvalue weighted by Gasteiger charge is 2.42. The molecule has 0 aromatic carbocycles. The maximum absolute atomic E-state index is 9.55. The predicted octanol–water partition coefficient (Wildman–Crippen LogP) is 3.50. The zero-order chi connectivity index (χ0) is 13.4. The van der Waals surface area contributed by atoms with Crippen molar-refractivity contribution in [1.29, 1.82) is 0 Å². The average molecular weight is 254 g/mol. The van der Waals surface area contributed by atoms with E-state index in [-0.39, 0.29) is 6.10 Å². The van der Waals surface area contributed by atoms with Crippen molar-refractivity contribution >= 4 is 0 Å². The molecule has 0 spiro atoms. The predicted molar refractivity (Wildman–Crippen MR) is 78.5 cm³/mol. The standard InChI is InChI=1S/C16H32NO/c1-4-5-6-7-8-9-10-11-17(12-15(2)3)13-16(18)14-17/h16,18H,2,4-14H2,1,3H3/q+1. The van der Waals surface area contributed by atoms with Crippen molar-refractivity contribution in [3.05, 3.63) is 12.2 Å². The summed E-state index contributed by atoms with van der Waals surface area (Å²) >= 11 is 0. The van der Waals surface area contributed by atoms with Crippen LogP contribution in [0.5, 0.6) is 0 Å². The molecule has 1 rings (SSSR count). The van der Waals surface area contributed by atoms with Crippen LogP contribution in [-0.4, -0.2) is 41.9 Å². The normalized spacial score (nSPS) is 26.9. The van der Waals surface area contributed by atoms with Crippen LogP contribution in [0.2, 0.25) is 0 Å². The summed E-state index contributed by atoms with van der Waals surface area (Å²) in [6.45, 7) is 12.6. The molecule has 2 heteroatoms. The van der Waals surface area contributed by atoms with E-state index in [9.17, 15) is 5.11 Å². The first-order valence-corrected chi connectivity index (χ1v) is 7.75. The van der Waals surface area contributed by atoms with Gasteiger partial charge in [-0.2, -0.15) is 0 Å². The van der Waals surface area contributed by atoms with Gasteiger partial charge < -0.3 is 9.59 Å². The van der Waals surface area contributed by atoms with Crippen LogP contribution in [0.4, 0.5) is 0 Å². The van der Waals surface area contributed by atoms with Crippen molar-refractivity contribution in [3.63, 3.8) is 0 Å². The summed E-state index contributed by atoms with van der Waals surface area (Å²) < 4.78 is 1.09. The van der Waals surface area contributed by atoms with E-state index in [1.54, 1.807) is 0 Å². The summed E-state index contributed by atoms with van der Waals surface area (Å²) in [6, 6.07) is 0. The van der Waals surface area contributed by atoms with Crippen molar-refractivity contribution in [2.24, 2.45) is 0 Å². The Morgan fingerprint density at radius 2 is 1.67 bits per heavy atom. The van der Waals surface area contributed by atoms with Gasteiger partial charge in [0.25, 0.3) is 0 Å².